The molecule has 0 N–H and O–H groups in total. The summed E-state index contributed by atoms with van der Waals surface area (Å²) in [5, 5.41) is 0.325. The minimum atomic E-state index is -1.93. The monoisotopic (exact) mass is 572 g/mol. The molecule has 0 bridgehead atoms. The van der Waals surface area contributed by atoms with E-state index < -0.39 is 43.8 Å². The summed E-state index contributed by atoms with van der Waals surface area (Å²) < 4.78 is 11.9. The maximum absolute atomic E-state index is 13.0. The molecule has 6 heteroatoms. The second kappa shape index (κ2) is 11.7. The van der Waals surface area contributed by atoms with Gasteiger partial charge in [-0.25, -0.2) is 0 Å². The van der Waals surface area contributed by atoms with Crippen LogP contribution < -0.4 is 0 Å². The molecule has 0 radical (unpaired) electrons. The first-order valence-electron chi connectivity index (χ1n) is 12.3. The molecular weight excluding hydrogens is 523 g/mol. The Labute approximate surface area is 202 Å². The molecule has 0 aromatic heterocycles. The van der Waals surface area contributed by atoms with Crippen molar-refractivity contribution in [2.24, 2.45) is 17.3 Å². The van der Waals surface area contributed by atoms with E-state index >= 15 is 0 Å². The van der Waals surface area contributed by atoms with Crippen LogP contribution in [0.3, 0.4) is 0 Å². The molecule has 0 aromatic carbocycles. The molecule has 1 saturated carbocycles. The summed E-state index contributed by atoms with van der Waals surface area (Å²) in [6.07, 6.45) is 10.1. The van der Waals surface area contributed by atoms with Crippen LogP contribution in [0.25, 0.3) is 0 Å². The third-order valence-corrected chi connectivity index (χ3v) is 16.7. The Kier molecular flexibility index (Phi) is 10.8. The van der Waals surface area contributed by atoms with Crippen molar-refractivity contribution in [2.45, 2.75) is 90.9 Å². The second-order valence-electron chi connectivity index (χ2n) is 12.2. The Hall–Kier alpha value is -0.564. The molecule has 4 nitrogen and oxygen atoms in total. The Morgan fingerprint density at radius 3 is 1.75 bits per heavy atom. The molecule has 0 saturated heterocycles. The third-order valence-electron chi connectivity index (χ3n) is 7.21. The average Bonchev–Trinajstić information content (AvgIpc) is 3.00. The minimum absolute atomic E-state index is 0.139. The van der Waals surface area contributed by atoms with Gasteiger partial charge in [0.2, 0.25) is 0 Å². The first-order valence-corrected chi connectivity index (χ1v) is 26.1. The maximum atomic E-state index is 13.0. The van der Waals surface area contributed by atoms with Crippen molar-refractivity contribution in [3.63, 3.8) is 0 Å². The van der Waals surface area contributed by atoms with Crippen molar-refractivity contribution in [1.29, 1.82) is 0 Å². The van der Waals surface area contributed by atoms with Gasteiger partial charge in [0.15, 0.2) is 0 Å². The molecule has 1 fully saturated rings. The first kappa shape index (κ1) is 29.5. The van der Waals surface area contributed by atoms with E-state index in [9.17, 15) is 9.59 Å². The van der Waals surface area contributed by atoms with Crippen LogP contribution in [0.4, 0.5) is 0 Å². The number of esters is 2. The summed E-state index contributed by atoms with van der Waals surface area (Å²) in [5.41, 5.74) is -1.20. The number of allylic oxidation sites excluding steroid dienone is 4. The van der Waals surface area contributed by atoms with E-state index in [4.69, 9.17) is 9.47 Å². The molecule has 2 atom stereocenters. The summed E-state index contributed by atoms with van der Waals surface area (Å²) in [6.45, 7) is 16.0. The van der Waals surface area contributed by atoms with Crippen molar-refractivity contribution >= 4 is 38.4 Å². The molecule has 0 unspecified atom stereocenters. The average molecular weight is 571 g/mol. The quantitative estimate of drug-likeness (QED) is 0.122. The molecule has 1 aliphatic rings. The van der Waals surface area contributed by atoms with Gasteiger partial charge in [0.25, 0.3) is 0 Å². The van der Waals surface area contributed by atoms with Gasteiger partial charge in [0.1, 0.15) is 0 Å². The van der Waals surface area contributed by atoms with Crippen molar-refractivity contribution in [3.05, 3.63) is 24.3 Å². The number of carbonyl (C=O) groups excluding carboxylic acids is 2. The summed E-state index contributed by atoms with van der Waals surface area (Å²) >= 11 is -1.93. The van der Waals surface area contributed by atoms with Crippen molar-refractivity contribution in [3.8, 4) is 0 Å². The van der Waals surface area contributed by atoms with Crippen LogP contribution in [0, 0.1) is 17.3 Å². The molecule has 32 heavy (non-hydrogen) atoms. The van der Waals surface area contributed by atoms with E-state index in [0.717, 1.165) is 10.5 Å². The molecule has 1 rings (SSSR count). The van der Waals surface area contributed by atoms with Gasteiger partial charge in [0, 0.05) is 0 Å². The summed E-state index contributed by atoms with van der Waals surface area (Å²) in [7, 11) is -1.43. The van der Waals surface area contributed by atoms with Crippen LogP contribution in [-0.2, 0) is 19.1 Å². The van der Waals surface area contributed by atoms with E-state index in [-0.39, 0.29) is 25.0 Å². The van der Waals surface area contributed by atoms with Gasteiger partial charge in [0.05, 0.1) is 0 Å². The van der Waals surface area contributed by atoms with E-state index in [1.165, 1.54) is 0 Å². The van der Waals surface area contributed by atoms with Gasteiger partial charge >= 0.3 is 203 Å². The van der Waals surface area contributed by atoms with Crippen molar-refractivity contribution < 1.29 is 19.1 Å². The van der Waals surface area contributed by atoms with Crippen LogP contribution in [0.1, 0.15) is 47.5 Å². The molecule has 0 heterocycles. The van der Waals surface area contributed by atoms with Crippen LogP contribution in [-0.4, -0.2) is 51.6 Å². The molecule has 184 valence electrons. The topological polar surface area (TPSA) is 52.6 Å². The molecular formula is C26H48O4SiSn. The molecule has 0 spiro atoms. The van der Waals surface area contributed by atoms with Gasteiger partial charge < -0.3 is 0 Å². The summed E-state index contributed by atoms with van der Waals surface area (Å²) in [5.74, 6) is -0.563. The first-order chi connectivity index (χ1) is 14.6. The van der Waals surface area contributed by atoms with Crippen LogP contribution in [0.2, 0.25) is 43.4 Å². The number of hydrogen-bond acceptors (Lipinski definition) is 4. The molecule has 0 aromatic rings. The van der Waals surface area contributed by atoms with Crippen molar-refractivity contribution in [2.75, 3.05) is 13.2 Å². The van der Waals surface area contributed by atoms with Gasteiger partial charge in [-0.05, 0) is 0 Å². The zero-order chi connectivity index (χ0) is 24.8. The Balaban J connectivity index is 3.24. The van der Waals surface area contributed by atoms with Gasteiger partial charge in [-0.1, -0.05) is 0 Å². The van der Waals surface area contributed by atoms with Crippen LogP contribution in [0.5, 0.6) is 0 Å². The predicted molar refractivity (Wildman–Crippen MR) is 140 cm³/mol. The van der Waals surface area contributed by atoms with E-state index in [2.05, 4.69) is 73.0 Å². The zero-order valence-electron chi connectivity index (χ0n) is 22.3. The molecule has 0 aliphatic heterocycles. The van der Waals surface area contributed by atoms with E-state index in [0.29, 0.717) is 17.9 Å². The molecule has 0 amide bonds. The summed E-state index contributed by atoms with van der Waals surface area (Å²) in [6, 6.07) is 1.09. The normalized spacial score (nSPS) is 21.9. The third kappa shape index (κ3) is 8.03. The number of ether oxygens (including phenoxy) is 2. The fourth-order valence-corrected chi connectivity index (χ4v) is 7.75. The van der Waals surface area contributed by atoms with Crippen LogP contribution >= 0.6 is 0 Å². The fraction of sp³-hybridized carbons (Fsp3) is 0.769. The van der Waals surface area contributed by atoms with Crippen LogP contribution in [0.15, 0.2) is 24.3 Å². The Bertz CT molecular complexity index is 680. The van der Waals surface area contributed by atoms with Gasteiger partial charge in [-0.3, -0.25) is 0 Å². The fourth-order valence-electron chi connectivity index (χ4n) is 4.01. The number of carbonyl (C=O) groups is 2. The number of hydrogen-bond donors (Lipinski definition) is 0. The Morgan fingerprint density at radius 2 is 1.38 bits per heavy atom. The van der Waals surface area contributed by atoms with Gasteiger partial charge in [-0.15, -0.1) is 0 Å². The standard InChI is InChI=1S/C23H39O4Si.3CH3.Sn/c1-9-13-18-16-23(20(24)26-10-2,21(25)27-11-3)17-19(18)14-12-15-28(7,8)22(4,5)6;;;;/h9,12-14,18-19H,1,10-11,15-17H2,2-8H3;3*1H3;/b13-9+,14-12+;;;;/t18-,19-;;;;/m0..../s1. The summed E-state index contributed by atoms with van der Waals surface area (Å²) in [4.78, 5) is 33.3. The second-order valence-corrected chi connectivity index (χ2v) is 33.7. The van der Waals surface area contributed by atoms with Crippen molar-refractivity contribution in [1.82, 2.24) is 0 Å². The zero-order valence-corrected chi connectivity index (χ0v) is 26.2. The SMILES string of the molecule is CCOC(=O)C1(C(=O)OCC)C[C@H](/C=C/C[Si](C)(C)C(C)(C)C)[C@@H](/C=C/[CH2][Sn]([CH3])([CH3])[CH3])C1. The molecule has 1 aliphatic carbocycles. The number of rotatable bonds is 10. The van der Waals surface area contributed by atoms with E-state index in [1.54, 1.807) is 13.8 Å². The van der Waals surface area contributed by atoms with Gasteiger partial charge in [-0.2, -0.15) is 0 Å². The predicted octanol–water partition coefficient (Wildman–Crippen LogP) is 7.08. The Morgan fingerprint density at radius 1 is 0.938 bits per heavy atom. The van der Waals surface area contributed by atoms with E-state index in [1.807, 2.05) is 0 Å².